The number of hydrogen-bond donors (Lipinski definition) is 3. The highest BCUT2D eigenvalue weighted by molar-refractivity contribution is 5.99. The molecule has 30 heavy (non-hydrogen) atoms. The van der Waals surface area contributed by atoms with E-state index in [0.29, 0.717) is 24.5 Å². The number of carbonyl (C=O) groups is 2. The molecule has 0 unspecified atom stereocenters. The zero-order valence-electron chi connectivity index (χ0n) is 17.0. The maximum Gasteiger partial charge on any atom is 0.251 e. The number of aromatic nitrogens is 2. The summed E-state index contributed by atoms with van der Waals surface area (Å²) in [5.74, 6) is 0.430. The first-order valence-corrected chi connectivity index (χ1v) is 9.79. The molecule has 0 bridgehead atoms. The Kier molecular flexibility index (Phi) is 6.73. The Morgan fingerprint density at radius 3 is 2.77 bits per heavy atom. The summed E-state index contributed by atoms with van der Waals surface area (Å²) in [5, 5.41) is 25.8. The fourth-order valence-electron chi connectivity index (χ4n) is 3.21. The van der Waals surface area contributed by atoms with Gasteiger partial charge in [-0.1, -0.05) is 26.0 Å². The summed E-state index contributed by atoms with van der Waals surface area (Å²) >= 11 is 0. The summed E-state index contributed by atoms with van der Waals surface area (Å²) in [6.07, 6.45) is 3.46. The largest absolute Gasteiger partial charge is 0.504 e. The Balaban J connectivity index is 1.71. The van der Waals surface area contributed by atoms with Gasteiger partial charge in [0.1, 0.15) is 11.8 Å². The molecule has 1 aromatic heterocycles. The highest BCUT2D eigenvalue weighted by atomic mass is 16.5. The molecule has 2 aromatic rings. The highest BCUT2D eigenvalue weighted by Crippen LogP contribution is 2.29. The standard InChI is InChI=1S/C21H26N4O5/c1-14(2)11-16(21(29)22-19-7-8-24(23-19)9-10-26)25-13-15(12-20(25)28)30-18-6-4-3-5-17(18)27/h3-8,12,14,16,26-27H,9-11,13H2,1-2H3,(H,22,23,29)/t16-/m0/s1. The van der Waals surface area contributed by atoms with Gasteiger partial charge >= 0.3 is 0 Å². The van der Waals surface area contributed by atoms with Crippen molar-refractivity contribution in [3.8, 4) is 11.5 Å². The Morgan fingerprint density at radius 2 is 2.07 bits per heavy atom. The number of phenols is 1. The van der Waals surface area contributed by atoms with Gasteiger partial charge in [-0.3, -0.25) is 14.3 Å². The third-order valence-electron chi connectivity index (χ3n) is 4.59. The first kappa shape index (κ1) is 21.4. The lowest BCUT2D eigenvalue weighted by molar-refractivity contribution is -0.133. The van der Waals surface area contributed by atoms with E-state index in [9.17, 15) is 14.7 Å². The summed E-state index contributed by atoms with van der Waals surface area (Å²) in [5.41, 5.74) is 0. The number of anilines is 1. The van der Waals surface area contributed by atoms with Crippen molar-refractivity contribution < 1.29 is 24.5 Å². The van der Waals surface area contributed by atoms with Gasteiger partial charge < -0.3 is 25.2 Å². The number of aliphatic hydroxyl groups excluding tert-OH is 1. The van der Waals surface area contributed by atoms with Crippen LogP contribution in [-0.4, -0.2) is 55.9 Å². The van der Waals surface area contributed by atoms with Crippen molar-refractivity contribution in [2.24, 2.45) is 5.92 Å². The summed E-state index contributed by atoms with van der Waals surface area (Å²) in [6.45, 7) is 4.34. The number of nitrogens with zero attached hydrogens (tertiary/aromatic N) is 3. The Morgan fingerprint density at radius 1 is 1.30 bits per heavy atom. The molecule has 1 aromatic carbocycles. The normalized spacial score (nSPS) is 14.7. The summed E-state index contributed by atoms with van der Waals surface area (Å²) in [7, 11) is 0. The van der Waals surface area contributed by atoms with Crippen LogP contribution < -0.4 is 10.1 Å². The van der Waals surface area contributed by atoms with Crippen molar-refractivity contribution in [2.75, 3.05) is 18.5 Å². The second kappa shape index (κ2) is 9.45. The lowest BCUT2D eigenvalue weighted by Crippen LogP contribution is -2.46. The molecule has 0 saturated heterocycles. The highest BCUT2D eigenvalue weighted by Gasteiger charge is 2.35. The van der Waals surface area contributed by atoms with E-state index in [-0.39, 0.29) is 42.4 Å². The van der Waals surface area contributed by atoms with Gasteiger partial charge in [-0.05, 0) is 24.5 Å². The Labute approximate surface area is 174 Å². The van der Waals surface area contributed by atoms with Crippen LogP contribution in [0.1, 0.15) is 20.3 Å². The van der Waals surface area contributed by atoms with Crippen LogP contribution in [-0.2, 0) is 16.1 Å². The zero-order valence-corrected chi connectivity index (χ0v) is 17.0. The number of rotatable bonds is 9. The minimum atomic E-state index is -0.706. The van der Waals surface area contributed by atoms with Crippen LogP contribution >= 0.6 is 0 Å². The van der Waals surface area contributed by atoms with Gasteiger partial charge in [0.2, 0.25) is 5.91 Å². The number of aliphatic hydroxyl groups is 1. The summed E-state index contributed by atoms with van der Waals surface area (Å²) < 4.78 is 7.19. The van der Waals surface area contributed by atoms with Crippen LogP contribution in [0.5, 0.6) is 11.5 Å². The molecule has 1 aliphatic rings. The molecular weight excluding hydrogens is 388 g/mol. The molecule has 1 aliphatic heterocycles. The molecule has 2 amide bonds. The quantitative estimate of drug-likeness (QED) is 0.575. The monoisotopic (exact) mass is 414 g/mol. The number of aromatic hydroxyl groups is 1. The number of nitrogens with one attached hydrogen (secondary N) is 1. The Hall–Kier alpha value is -3.33. The predicted octanol–water partition coefficient (Wildman–Crippen LogP) is 1.74. The molecule has 0 fully saturated rings. The van der Waals surface area contributed by atoms with Crippen LogP contribution in [0.3, 0.4) is 0 Å². The molecule has 0 radical (unpaired) electrons. The van der Waals surface area contributed by atoms with Crippen molar-refractivity contribution >= 4 is 17.6 Å². The topological polar surface area (TPSA) is 117 Å². The number of hydrogen-bond acceptors (Lipinski definition) is 6. The minimum Gasteiger partial charge on any atom is -0.504 e. The Bertz CT molecular complexity index is 937. The molecule has 3 rings (SSSR count). The number of carbonyl (C=O) groups excluding carboxylic acids is 2. The van der Waals surface area contributed by atoms with E-state index in [1.165, 1.54) is 21.7 Å². The third kappa shape index (κ3) is 5.18. The molecular formula is C21H26N4O5. The molecule has 0 aliphatic carbocycles. The van der Waals surface area contributed by atoms with Crippen LogP contribution in [0.25, 0.3) is 0 Å². The first-order valence-electron chi connectivity index (χ1n) is 9.79. The molecule has 9 nitrogen and oxygen atoms in total. The summed E-state index contributed by atoms with van der Waals surface area (Å²) in [6, 6.07) is 7.42. The van der Waals surface area contributed by atoms with E-state index in [2.05, 4.69) is 10.4 Å². The van der Waals surface area contributed by atoms with E-state index < -0.39 is 6.04 Å². The van der Waals surface area contributed by atoms with Gasteiger partial charge in [0, 0.05) is 18.3 Å². The fourth-order valence-corrected chi connectivity index (χ4v) is 3.21. The second-order valence-electron chi connectivity index (χ2n) is 7.47. The average Bonchev–Trinajstić information content (AvgIpc) is 3.28. The maximum atomic E-state index is 13.0. The molecule has 160 valence electrons. The van der Waals surface area contributed by atoms with E-state index in [1.54, 1.807) is 30.5 Å². The second-order valence-corrected chi connectivity index (χ2v) is 7.47. The maximum absolute atomic E-state index is 13.0. The average molecular weight is 414 g/mol. The molecule has 0 saturated carbocycles. The van der Waals surface area contributed by atoms with E-state index in [0.717, 1.165) is 0 Å². The minimum absolute atomic E-state index is 0.0285. The molecule has 0 spiro atoms. The van der Waals surface area contributed by atoms with Crippen LogP contribution in [0.15, 0.2) is 48.4 Å². The van der Waals surface area contributed by atoms with Crippen molar-refractivity contribution in [2.45, 2.75) is 32.9 Å². The van der Waals surface area contributed by atoms with Gasteiger partial charge in [0.15, 0.2) is 17.3 Å². The van der Waals surface area contributed by atoms with Crippen LogP contribution in [0, 0.1) is 5.92 Å². The lowest BCUT2D eigenvalue weighted by Gasteiger charge is -2.28. The number of ether oxygens (including phenoxy) is 1. The van der Waals surface area contributed by atoms with Gasteiger partial charge in [-0.25, -0.2) is 0 Å². The van der Waals surface area contributed by atoms with E-state index in [4.69, 9.17) is 9.84 Å². The summed E-state index contributed by atoms with van der Waals surface area (Å²) in [4.78, 5) is 27.0. The molecule has 1 atom stereocenters. The van der Waals surface area contributed by atoms with Crippen molar-refractivity contribution in [3.63, 3.8) is 0 Å². The van der Waals surface area contributed by atoms with Crippen LogP contribution in [0.4, 0.5) is 5.82 Å². The predicted molar refractivity (Wildman–Crippen MR) is 110 cm³/mol. The lowest BCUT2D eigenvalue weighted by atomic mass is 10.0. The van der Waals surface area contributed by atoms with Gasteiger partial charge in [0.05, 0.1) is 19.7 Å². The van der Waals surface area contributed by atoms with Gasteiger partial charge in [-0.15, -0.1) is 0 Å². The first-order chi connectivity index (χ1) is 14.4. The van der Waals surface area contributed by atoms with Gasteiger partial charge in [-0.2, -0.15) is 5.10 Å². The van der Waals surface area contributed by atoms with Crippen molar-refractivity contribution in [1.82, 2.24) is 14.7 Å². The van der Waals surface area contributed by atoms with Crippen LogP contribution in [0.2, 0.25) is 0 Å². The smallest absolute Gasteiger partial charge is 0.251 e. The number of benzene rings is 1. The number of amides is 2. The number of para-hydroxylation sites is 2. The zero-order chi connectivity index (χ0) is 21.7. The number of phenolic OH excluding ortho intramolecular Hbond substituents is 1. The fraction of sp³-hybridized carbons (Fsp3) is 0.381. The van der Waals surface area contributed by atoms with Crippen molar-refractivity contribution in [3.05, 3.63) is 48.4 Å². The van der Waals surface area contributed by atoms with Crippen molar-refractivity contribution in [1.29, 1.82) is 0 Å². The van der Waals surface area contributed by atoms with Gasteiger partial charge in [0.25, 0.3) is 5.91 Å². The molecule has 9 heteroatoms. The third-order valence-corrected chi connectivity index (χ3v) is 4.59. The van der Waals surface area contributed by atoms with E-state index >= 15 is 0 Å². The SMILES string of the molecule is CC(C)C[C@@H](C(=O)Nc1ccn(CCO)n1)N1CC(Oc2ccccc2O)=CC1=O. The molecule has 2 heterocycles. The molecule has 3 N–H and O–H groups in total. The van der Waals surface area contributed by atoms with E-state index in [1.807, 2.05) is 13.8 Å².